The Labute approximate surface area is 85.1 Å². The van der Waals surface area contributed by atoms with Gasteiger partial charge in [-0.2, -0.15) is 0 Å². The lowest BCUT2D eigenvalue weighted by molar-refractivity contribution is -0.153. The molecule has 0 aromatic rings. The summed E-state index contributed by atoms with van der Waals surface area (Å²) < 4.78 is 4.66. The van der Waals surface area contributed by atoms with Gasteiger partial charge in [-0.25, -0.2) is 4.79 Å². The van der Waals surface area contributed by atoms with Crippen LogP contribution in [0, 0.1) is 0 Å². The Morgan fingerprint density at radius 3 is 2.50 bits per heavy atom. The number of esters is 1. The molecule has 0 spiro atoms. The van der Waals surface area contributed by atoms with Gasteiger partial charge in [0.15, 0.2) is 6.10 Å². The molecule has 1 N–H and O–H groups in total. The zero-order valence-electron chi connectivity index (χ0n) is 8.88. The van der Waals surface area contributed by atoms with Gasteiger partial charge in [-0.05, 0) is 26.7 Å². The molecule has 0 radical (unpaired) electrons. The van der Waals surface area contributed by atoms with Gasteiger partial charge in [-0.3, -0.25) is 0 Å². The highest BCUT2D eigenvalue weighted by atomic mass is 16.5. The van der Waals surface area contributed by atoms with Crippen LogP contribution in [-0.4, -0.2) is 23.8 Å². The fraction of sp³-hybridized carbons (Fsp3) is 0.545. The summed E-state index contributed by atoms with van der Waals surface area (Å²) in [5.74, 6) is -0.568. The number of aliphatic hydroxyl groups is 1. The first-order chi connectivity index (χ1) is 6.49. The van der Waals surface area contributed by atoms with Crippen molar-refractivity contribution in [2.24, 2.45) is 0 Å². The lowest BCUT2D eigenvalue weighted by Gasteiger charge is -2.10. The molecule has 0 aromatic heterocycles. The molecular weight excluding hydrogens is 180 g/mol. The molecule has 80 valence electrons. The molecule has 0 saturated heterocycles. The SMILES string of the molecule is C=C(C)C(=C)CCC(O)C(=O)OCC. The van der Waals surface area contributed by atoms with Crippen molar-refractivity contribution >= 4 is 5.97 Å². The van der Waals surface area contributed by atoms with Crippen LogP contribution in [0.5, 0.6) is 0 Å². The van der Waals surface area contributed by atoms with Crippen molar-refractivity contribution in [1.29, 1.82) is 0 Å². The zero-order valence-corrected chi connectivity index (χ0v) is 8.88. The summed E-state index contributed by atoms with van der Waals surface area (Å²) in [6.45, 7) is 11.3. The Morgan fingerprint density at radius 1 is 1.50 bits per heavy atom. The molecule has 3 nitrogen and oxygen atoms in total. The quantitative estimate of drug-likeness (QED) is 0.523. The first-order valence-electron chi connectivity index (χ1n) is 4.67. The number of carbonyl (C=O) groups excluding carboxylic acids is 1. The third-order valence-electron chi connectivity index (χ3n) is 1.88. The van der Waals surface area contributed by atoms with Crippen LogP contribution in [0.1, 0.15) is 26.7 Å². The number of aliphatic hydroxyl groups excluding tert-OH is 1. The highest BCUT2D eigenvalue weighted by Gasteiger charge is 2.15. The maximum absolute atomic E-state index is 11.0. The van der Waals surface area contributed by atoms with Gasteiger partial charge in [0.25, 0.3) is 0 Å². The number of hydrogen-bond acceptors (Lipinski definition) is 3. The lowest BCUT2D eigenvalue weighted by atomic mass is 10.0. The largest absolute Gasteiger partial charge is 0.464 e. The molecule has 0 bridgehead atoms. The maximum Gasteiger partial charge on any atom is 0.334 e. The van der Waals surface area contributed by atoms with Crippen LogP contribution in [0.15, 0.2) is 24.3 Å². The minimum Gasteiger partial charge on any atom is -0.464 e. The van der Waals surface area contributed by atoms with Crippen molar-refractivity contribution in [1.82, 2.24) is 0 Å². The molecule has 0 aromatic carbocycles. The topological polar surface area (TPSA) is 46.5 Å². The van der Waals surface area contributed by atoms with Crippen LogP contribution in [0.2, 0.25) is 0 Å². The zero-order chi connectivity index (χ0) is 11.1. The molecule has 0 rings (SSSR count). The normalized spacial score (nSPS) is 11.9. The number of carbonyl (C=O) groups is 1. The molecule has 0 heterocycles. The molecular formula is C11H18O3. The van der Waals surface area contributed by atoms with Crippen molar-refractivity contribution < 1.29 is 14.6 Å². The Balaban J connectivity index is 3.84. The second-order valence-electron chi connectivity index (χ2n) is 3.19. The van der Waals surface area contributed by atoms with Gasteiger partial charge in [-0.15, -0.1) is 0 Å². The van der Waals surface area contributed by atoms with Crippen molar-refractivity contribution in [2.75, 3.05) is 6.61 Å². The second kappa shape index (κ2) is 6.38. The van der Waals surface area contributed by atoms with E-state index in [1.165, 1.54) is 0 Å². The van der Waals surface area contributed by atoms with E-state index < -0.39 is 12.1 Å². The third kappa shape index (κ3) is 4.82. The summed E-state index contributed by atoms with van der Waals surface area (Å²) in [4.78, 5) is 11.0. The van der Waals surface area contributed by atoms with Gasteiger partial charge in [0.1, 0.15) is 0 Å². The van der Waals surface area contributed by atoms with E-state index in [4.69, 9.17) is 0 Å². The van der Waals surface area contributed by atoms with Gasteiger partial charge in [-0.1, -0.05) is 24.3 Å². The first kappa shape index (κ1) is 12.9. The Bertz CT molecular complexity index is 231. The van der Waals surface area contributed by atoms with E-state index in [1.54, 1.807) is 6.92 Å². The summed E-state index contributed by atoms with van der Waals surface area (Å²) in [6.07, 6.45) is -0.147. The Hall–Kier alpha value is -1.09. The van der Waals surface area contributed by atoms with Gasteiger partial charge >= 0.3 is 5.97 Å². The van der Waals surface area contributed by atoms with Crippen LogP contribution < -0.4 is 0 Å². The third-order valence-corrected chi connectivity index (χ3v) is 1.88. The van der Waals surface area contributed by atoms with Crippen LogP contribution in [0.25, 0.3) is 0 Å². The highest BCUT2D eigenvalue weighted by Crippen LogP contribution is 2.13. The van der Waals surface area contributed by atoms with Crippen molar-refractivity contribution in [3.8, 4) is 0 Å². The monoisotopic (exact) mass is 198 g/mol. The van der Waals surface area contributed by atoms with Gasteiger partial charge < -0.3 is 9.84 Å². The van der Waals surface area contributed by atoms with E-state index >= 15 is 0 Å². The molecule has 1 atom stereocenters. The number of hydrogen-bond donors (Lipinski definition) is 1. The van der Waals surface area contributed by atoms with Gasteiger partial charge in [0, 0.05) is 0 Å². The summed E-state index contributed by atoms with van der Waals surface area (Å²) in [5.41, 5.74) is 1.73. The number of allylic oxidation sites excluding steroid dienone is 2. The smallest absolute Gasteiger partial charge is 0.334 e. The standard InChI is InChI=1S/C11H18O3/c1-5-14-11(13)10(12)7-6-9(4)8(2)3/h10,12H,2,4-7H2,1,3H3. The summed E-state index contributed by atoms with van der Waals surface area (Å²) in [6, 6.07) is 0. The maximum atomic E-state index is 11.0. The summed E-state index contributed by atoms with van der Waals surface area (Å²) in [5, 5.41) is 9.33. The van der Waals surface area contributed by atoms with Crippen molar-refractivity contribution in [3.05, 3.63) is 24.3 Å². The lowest BCUT2D eigenvalue weighted by Crippen LogP contribution is -2.23. The fourth-order valence-corrected chi connectivity index (χ4v) is 0.881. The van der Waals surface area contributed by atoms with Crippen LogP contribution >= 0.6 is 0 Å². The van der Waals surface area contributed by atoms with Crippen molar-refractivity contribution in [2.45, 2.75) is 32.8 Å². The number of ether oxygens (including phenoxy) is 1. The second-order valence-corrected chi connectivity index (χ2v) is 3.19. The predicted octanol–water partition coefficient (Wildman–Crippen LogP) is 1.82. The molecule has 0 aliphatic rings. The molecule has 1 unspecified atom stereocenters. The minimum atomic E-state index is -1.05. The van der Waals surface area contributed by atoms with Gasteiger partial charge in [0.2, 0.25) is 0 Å². The van der Waals surface area contributed by atoms with E-state index in [9.17, 15) is 9.90 Å². The minimum absolute atomic E-state index is 0.289. The molecule has 0 aliphatic carbocycles. The number of rotatable bonds is 6. The average molecular weight is 198 g/mol. The van der Waals surface area contributed by atoms with E-state index in [2.05, 4.69) is 17.9 Å². The van der Waals surface area contributed by atoms with Crippen molar-refractivity contribution in [3.63, 3.8) is 0 Å². The van der Waals surface area contributed by atoms with E-state index in [0.29, 0.717) is 12.8 Å². The molecule has 0 amide bonds. The van der Waals surface area contributed by atoms with Crippen LogP contribution in [0.4, 0.5) is 0 Å². The summed E-state index contributed by atoms with van der Waals surface area (Å²) in [7, 11) is 0. The van der Waals surface area contributed by atoms with Gasteiger partial charge in [0.05, 0.1) is 6.61 Å². The molecule has 0 fully saturated rings. The van der Waals surface area contributed by atoms with E-state index in [-0.39, 0.29) is 6.61 Å². The summed E-state index contributed by atoms with van der Waals surface area (Å²) >= 11 is 0. The fourth-order valence-electron chi connectivity index (χ4n) is 0.881. The molecule has 3 heteroatoms. The highest BCUT2D eigenvalue weighted by molar-refractivity contribution is 5.74. The molecule has 0 aliphatic heterocycles. The van der Waals surface area contributed by atoms with E-state index in [1.807, 2.05) is 6.92 Å². The van der Waals surface area contributed by atoms with E-state index in [0.717, 1.165) is 11.1 Å². The predicted molar refractivity (Wildman–Crippen MR) is 55.8 cm³/mol. The van der Waals surface area contributed by atoms with Crippen LogP contribution in [0.3, 0.4) is 0 Å². The average Bonchev–Trinajstić information content (AvgIpc) is 2.13. The molecule has 0 saturated carbocycles. The molecule has 14 heavy (non-hydrogen) atoms. The Morgan fingerprint density at radius 2 is 2.07 bits per heavy atom. The van der Waals surface area contributed by atoms with Crippen LogP contribution in [-0.2, 0) is 9.53 Å². The first-order valence-corrected chi connectivity index (χ1v) is 4.67. The Kier molecular flexibility index (Phi) is 5.88.